The van der Waals surface area contributed by atoms with Crippen LogP contribution in [0.4, 0.5) is 5.69 Å². The second kappa shape index (κ2) is 14.5. The van der Waals surface area contributed by atoms with Gasteiger partial charge in [-0.05, 0) is 74.8 Å². The topological polar surface area (TPSA) is 67.9 Å². The van der Waals surface area contributed by atoms with Crippen molar-refractivity contribution < 1.29 is 19.1 Å². The molecule has 2 aromatic carbocycles. The number of esters is 1. The molecule has 36 heavy (non-hydrogen) atoms. The lowest BCUT2D eigenvalue weighted by molar-refractivity contribution is -0.143. The normalized spacial score (nSPS) is 14.2. The standard InChI is InChI=1S/C30H42N2O4/c1-4-12-26(25-13-8-9-14-27(25)32-19-10-7-11-20-32)31-29(33)22-23-15-16-24(28(21-23)35-5-2)17-18-30(34)36-6-3/h8-9,13-16,21,26H,4-7,10-12,17-20,22H2,1-3H3,(H,31,33). The van der Waals surface area contributed by atoms with Crippen molar-refractivity contribution in [2.75, 3.05) is 31.2 Å². The SMILES string of the molecule is CCCC(NC(=O)Cc1ccc(CCC(=O)OCC)c(OCC)c1)c1ccccc1N1CCCCC1. The van der Waals surface area contributed by atoms with Crippen LogP contribution in [0.3, 0.4) is 0 Å². The maximum absolute atomic E-state index is 13.2. The molecule has 2 aromatic rings. The van der Waals surface area contributed by atoms with Gasteiger partial charge < -0.3 is 19.7 Å². The number of piperidine rings is 1. The average molecular weight is 495 g/mol. The van der Waals surface area contributed by atoms with Crippen LogP contribution in [0.2, 0.25) is 0 Å². The van der Waals surface area contributed by atoms with Crippen LogP contribution in [0, 0.1) is 0 Å². The molecule has 6 nitrogen and oxygen atoms in total. The highest BCUT2D eigenvalue weighted by Crippen LogP contribution is 2.31. The minimum absolute atomic E-state index is 0.00335. The molecule has 1 saturated heterocycles. The molecule has 6 heteroatoms. The molecular formula is C30H42N2O4. The number of aryl methyl sites for hydroxylation is 1. The lowest BCUT2D eigenvalue weighted by atomic mass is 9.97. The predicted molar refractivity (Wildman–Crippen MR) is 145 cm³/mol. The van der Waals surface area contributed by atoms with Gasteiger partial charge >= 0.3 is 5.97 Å². The maximum atomic E-state index is 13.2. The Labute approximate surface area is 216 Å². The Balaban J connectivity index is 1.70. The van der Waals surface area contributed by atoms with E-state index in [0.717, 1.165) is 42.8 Å². The fourth-order valence-corrected chi connectivity index (χ4v) is 4.91. The summed E-state index contributed by atoms with van der Waals surface area (Å²) in [6.45, 7) is 8.95. The number of nitrogens with one attached hydrogen (secondary N) is 1. The number of carbonyl (C=O) groups is 2. The number of hydrogen-bond acceptors (Lipinski definition) is 5. The Bertz CT molecular complexity index is 985. The van der Waals surface area contributed by atoms with E-state index in [9.17, 15) is 9.59 Å². The fourth-order valence-electron chi connectivity index (χ4n) is 4.91. The summed E-state index contributed by atoms with van der Waals surface area (Å²) in [6, 6.07) is 14.4. The van der Waals surface area contributed by atoms with Crippen molar-refractivity contribution in [2.45, 2.75) is 78.2 Å². The van der Waals surface area contributed by atoms with E-state index in [2.05, 4.69) is 41.4 Å². The van der Waals surface area contributed by atoms with Gasteiger partial charge in [0.1, 0.15) is 5.75 Å². The van der Waals surface area contributed by atoms with Gasteiger partial charge in [-0.25, -0.2) is 0 Å². The second-order valence-electron chi connectivity index (χ2n) is 9.37. The highest BCUT2D eigenvalue weighted by Gasteiger charge is 2.21. The highest BCUT2D eigenvalue weighted by atomic mass is 16.5. The molecule has 3 rings (SSSR count). The number of benzene rings is 2. The fraction of sp³-hybridized carbons (Fsp3) is 0.533. The first kappa shape index (κ1) is 27.6. The van der Waals surface area contributed by atoms with Gasteiger partial charge in [0, 0.05) is 25.2 Å². The lowest BCUT2D eigenvalue weighted by Crippen LogP contribution is -2.34. The molecule has 1 aliphatic rings. The van der Waals surface area contributed by atoms with Crippen LogP contribution in [0.5, 0.6) is 5.75 Å². The van der Waals surface area contributed by atoms with Crippen molar-refractivity contribution in [3.8, 4) is 5.75 Å². The molecule has 0 saturated carbocycles. The number of carbonyl (C=O) groups excluding carboxylic acids is 2. The molecule has 1 amide bonds. The lowest BCUT2D eigenvalue weighted by Gasteiger charge is -2.32. The highest BCUT2D eigenvalue weighted by molar-refractivity contribution is 5.79. The molecule has 1 N–H and O–H groups in total. The average Bonchev–Trinajstić information content (AvgIpc) is 2.89. The number of ether oxygens (including phenoxy) is 2. The second-order valence-corrected chi connectivity index (χ2v) is 9.37. The quantitative estimate of drug-likeness (QED) is 0.358. The summed E-state index contributed by atoms with van der Waals surface area (Å²) in [4.78, 5) is 27.4. The number of rotatable bonds is 13. The predicted octanol–water partition coefficient (Wildman–Crippen LogP) is 5.77. The molecule has 0 spiro atoms. The Hall–Kier alpha value is -3.02. The van der Waals surface area contributed by atoms with Crippen LogP contribution >= 0.6 is 0 Å². The Kier molecular flexibility index (Phi) is 11.1. The van der Waals surface area contributed by atoms with E-state index >= 15 is 0 Å². The zero-order valence-electron chi connectivity index (χ0n) is 22.2. The molecule has 0 aliphatic carbocycles. The van der Waals surface area contributed by atoms with Crippen LogP contribution in [0.25, 0.3) is 0 Å². The molecule has 1 unspecified atom stereocenters. The number of nitrogens with zero attached hydrogens (tertiary/aromatic N) is 1. The Morgan fingerprint density at radius 3 is 2.50 bits per heavy atom. The number of para-hydroxylation sites is 1. The third-order valence-corrected chi connectivity index (χ3v) is 6.62. The van der Waals surface area contributed by atoms with E-state index < -0.39 is 0 Å². The first-order chi connectivity index (χ1) is 17.5. The summed E-state index contributed by atoms with van der Waals surface area (Å²) in [7, 11) is 0. The summed E-state index contributed by atoms with van der Waals surface area (Å²) in [5, 5.41) is 3.31. The van der Waals surface area contributed by atoms with E-state index in [0.29, 0.717) is 26.1 Å². The summed E-state index contributed by atoms with van der Waals surface area (Å²) >= 11 is 0. The molecule has 1 fully saturated rings. The van der Waals surface area contributed by atoms with Crippen molar-refractivity contribution in [1.29, 1.82) is 0 Å². The molecule has 1 aliphatic heterocycles. The Morgan fingerprint density at radius 2 is 1.78 bits per heavy atom. The number of anilines is 1. The summed E-state index contributed by atoms with van der Waals surface area (Å²) < 4.78 is 10.9. The van der Waals surface area contributed by atoms with Crippen molar-refractivity contribution in [1.82, 2.24) is 5.32 Å². The van der Waals surface area contributed by atoms with Crippen LogP contribution in [0.1, 0.15) is 82.0 Å². The van der Waals surface area contributed by atoms with Crippen LogP contribution < -0.4 is 15.0 Å². The van der Waals surface area contributed by atoms with Gasteiger partial charge in [-0.2, -0.15) is 0 Å². The molecular weight excluding hydrogens is 452 g/mol. The zero-order valence-corrected chi connectivity index (χ0v) is 22.2. The molecule has 0 aromatic heterocycles. The van der Waals surface area contributed by atoms with Crippen molar-refractivity contribution >= 4 is 17.6 Å². The molecule has 196 valence electrons. The summed E-state index contributed by atoms with van der Waals surface area (Å²) in [5.41, 5.74) is 4.31. The van der Waals surface area contributed by atoms with Crippen molar-refractivity contribution in [2.24, 2.45) is 0 Å². The van der Waals surface area contributed by atoms with Gasteiger partial charge in [-0.15, -0.1) is 0 Å². The minimum atomic E-state index is -0.213. The van der Waals surface area contributed by atoms with Crippen LogP contribution in [-0.4, -0.2) is 38.2 Å². The van der Waals surface area contributed by atoms with Crippen molar-refractivity contribution in [3.63, 3.8) is 0 Å². The van der Waals surface area contributed by atoms with E-state index in [-0.39, 0.29) is 24.3 Å². The number of amides is 1. The molecule has 1 atom stereocenters. The summed E-state index contributed by atoms with van der Waals surface area (Å²) in [5.74, 6) is 0.520. The molecule has 1 heterocycles. The van der Waals surface area contributed by atoms with Gasteiger partial charge in [0.15, 0.2) is 0 Å². The summed E-state index contributed by atoms with van der Waals surface area (Å²) in [6.07, 6.45) is 6.75. The number of hydrogen-bond donors (Lipinski definition) is 1. The maximum Gasteiger partial charge on any atom is 0.306 e. The first-order valence-electron chi connectivity index (χ1n) is 13.6. The van der Waals surface area contributed by atoms with E-state index in [4.69, 9.17) is 9.47 Å². The van der Waals surface area contributed by atoms with Gasteiger partial charge in [0.25, 0.3) is 0 Å². The zero-order chi connectivity index (χ0) is 25.8. The van der Waals surface area contributed by atoms with E-state index in [1.165, 1.54) is 30.5 Å². The van der Waals surface area contributed by atoms with E-state index in [1.54, 1.807) is 6.92 Å². The van der Waals surface area contributed by atoms with Gasteiger partial charge in [-0.3, -0.25) is 9.59 Å². The first-order valence-corrected chi connectivity index (χ1v) is 13.6. The third kappa shape index (κ3) is 8.00. The Morgan fingerprint density at radius 1 is 1.00 bits per heavy atom. The molecule has 0 bridgehead atoms. The van der Waals surface area contributed by atoms with Gasteiger partial charge in [0.05, 0.1) is 25.7 Å². The van der Waals surface area contributed by atoms with E-state index in [1.807, 2.05) is 25.1 Å². The minimum Gasteiger partial charge on any atom is -0.494 e. The monoisotopic (exact) mass is 494 g/mol. The third-order valence-electron chi connectivity index (χ3n) is 6.62. The van der Waals surface area contributed by atoms with Gasteiger partial charge in [0.2, 0.25) is 5.91 Å². The van der Waals surface area contributed by atoms with Crippen LogP contribution in [0.15, 0.2) is 42.5 Å². The van der Waals surface area contributed by atoms with Crippen LogP contribution in [-0.2, 0) is 27.2 Å². The smallest absolute Gasteiger partial charge is 0.306 e. The largest absolute Gasteiger partial charge is 0.494 e. The molecule has 0 radical (unpaired) electrons. The van der Waals surface area contributed by atoms with Crippen molar-refractivity contribution in [3.05, 3.63) is 59.2 Å². The van der Waals surface area contributed by atoms with Gasteiger partial charge in [-0.1, -0.05) is 43.7 Å².